The molecule has 0 spiro atoms. The van der Waals surface area contributed by atoms with Crippen LogP contribution in [0.4, 0.5) is 0 Å². The molecule has 0 aliphatic carbocycles. The Balaban J connectivity index is 2.27. The van der Waals surface area contributed by atoms with Crippen molar-refractivity contribution in [3.63, 3.8) is 0 Å². The van der Waals surface area contributed by atoms with E-state index in [1.807, 2.05) is 54.6 Å². The summed E-state index contributed by atoms with van der Waals surface area (Å²) < 4.78 is 3.96. The second-order valence-corrected chi connectivity index (χ2v) is 9.10. The molecule has 0 radical (unpaired) electrons. The number of hydrogen-bond donors (Lipinski definition) is 1. The summed E-state index contributed by atoms with van der Waals surface area (Å²) in [5.41, 5.74) is 2.52. The zero-order valence-electron chi connectivity index (χ0n) is 16.9. The maximum Gasteiger partial charge on any atom is 0.336 e. The van der Waals surface area contributed by atoms with Crippen molar-refractivity contribution in [2.45, 2.75) is 36.2 Å². The van der Waals surface area contributed by atoms with Crippen molar-refractivity contribution < 1.29 is 14.3 Å². The van der Waals surface area contributed by atoms with E-state index in [1.165, 1.54) is 18.7 Å². The molecule has 0 bridgehead atoms. The molecule has 0 amide bonds. The minimum Gasteiger partial charge on any atom is -0.464 e. The van der Waals surface area contributed by atoms with Gasteiger partial charge < -0.3 is 9.72 Å². The summed E-state index contributed by atoms with van der Waals surface area (Å²) in [6.45, 7) is 5.54. The summed E-state index contributed by atoms with van der Waals surface area (Å²) in [7, 11) is 0. The number of carbonyl (C=O) groups excluding carboxylic acids is 2. The zero-order valence-corrected chi connectivity index (χ0v) is 18.5. The van der Waals surface area contributed by atoms with Gasteiger partial charge in [-0.2, -0.15) is 11.8 Å². The van der Waals surface area contributed by atoms with Crippen LogP contribution in [0.25, 0.3) is 10.9 Å². The van der Waals surface area contributed by atoms with Gasteiger partial charge in [0.25, 0.3) is 0 Å². The standard InChI is InChI=1S/C23H25NO3S2/c1-4-27-22(26)23(16(3)25,29-17-11-7-6-8-12-17)21-19(15-28-5-2)18-13-9-10-14-20(18)24-21/h6-14,24H,4-5,15H2,1-3H3. The number of rotatable bonds is 9. The fraction of sp³-hybridized carbons (Fsp3) is 0.304. The lowest BCUT2D eigenvalue weighted by Gasteiger charge is -2.29. The number of nitrogens with one attached hydrogen (secondary N) is 1. The van der Waals surface area contributed by atoms with E-state index in [1.54, 1.807) is 18.7 Å². The van der Waals surface area contributed by atoms with E-state index in [0.29, 0.717) is 11.4 Å². The van der Waals surface area contributed by atoms with Crippen LogP contribution in [0.15, 0.2) is 59.5 Å². The van der Waals surface area contributed by atoms with Crippen LogP contribution in [0.3, 0.4) is 0 Å². The molecule has 0 saturated carbocycles. The number of ether oxygens (including phenoxy) is 1. The highest BCUT2D eigenvalue weighted by atomic mass is 32.2. The summed E-state index contributed by atoms with van der Waals surface area (Å²) in [5.74, 6) is 0.867. The Labute approximate surface area is 179 Å². The van der Waals surface area contributed by atoms with Gasteiger partial charge in [0, 0.05) is 21.6 Å². The van der Waals surface area contributed by atoms with Crippen molar-refractivity contribution in [2.75, 3.05) is 12.4 Å². The second kappa shape index (κ2) is 9.55. The molecule has 3 rings (SSSR count). The number of aromatic amines is 1. The van der Waals surface area contributed by atoms with Gasteiger partial charge in [0.05, 0.1) is 12.3 Å². The number of esters is 1. The number of carbonyl (C=O) groups is 2. The van der Waals surface area contributed by atoms with Crippen molar-refractivity contribution in [1.82, 2.24) is 4.98 Å². The summed E-state index contributed by atoms with van der Waals surface area (Å²) in [4.78, 5) is 30.7. The molecule has 6 heteroatoms. The van der Waals surface area contributed by atoms with Crippen LogP contribution in [0, 0.1) is 0 Å². The smallest absolute Gasteiger partial charge is 0.336 e. The number of thioether (sulfide) groups is 2. The fourth-order valence-corrected chi connectivity index (χ4v) is 5.26. The van der Waals surface area contributed by atoms with Gasteiger partial charge in [-0.15, -0.1) is 0 Å². The predicted molar refractivity (Wildman–Crippen MR) is 121 cm³/mol. The minimum atomic E-state index is -1.49. The molecule has 1 N–H and O–H groups in total. The fourth-order valence-electron chi connectivity index (χ4n) is 3.34. The molecule has 1 heterocycles. The zero-order chi connectivity index (χ0) is 20.9. The molecule has 29 heavy (non-hydrogen) atoms. The number of fused-ring (bicyclic) bond motifs is 1. The largest absolute Gasteiger partial charge is 0.464 e. The van der Waals surface area contributed by atoms with E-state index in [-0.39, 0.29) is 12.4 Å². The molecular weight excluding hydrogens is 402 g/mol. The topological polar surface area (TPSA) is 59.2 Å². The van der Waals surface area contributed by atoms with E-state index >= 15 is 0 Å². The molecular formula is C23H25NO3S2. The van der Waals surface area contributed by atoms with E-state index in [0.717, 1.165) is 27.1 Å². The van der Waals surface area contributed by atoms with E-state index < -0.39 is 10.7 Å². The number of hydrogen-bond acceptors (Lipinski definition) is 5. The molecule has 2 aromatic carbocycles. The molecule has 0 fully saturated rings. The van der Waals surface area contributed by atoms with Crippen molar-refractivity contribution in [3.05, 3.63) is 65.9 Å². The highest BCUT2D eigenvalue weighted by Crippen LogP contribution is 2.46. The monoisotopic (exact) mass is 427 g/mol. The Morgan fingerprint density at radius 1 is 1.03 bits per heavy atom. The summed E-state index contributed by atoms with van der Waals surface area (Å²) in [5, 5.41) is 1.03. The Hall–Kier alpha value is -2.18. The van der Waals surface area contributed by atoms with E-state index in [9.17, 15) is 9.59 Å². The Kier molecular flexibility index (Phi) is 7.09. The average molecular weight is 428 g/mol. The van der Waals surface area contributed by atoms with Gasteiger partial charge in [0.2, 0.25) is 4.75 Å². The first kappa shape index (κ1) is 21.5. The molecule has 0 aliphatic rings. The van der Waals surface area contributed by atoms with Crippen LogP contribution < -0.4 is 0 Å². The number of aromatic nitrogens is 1. The number of ketones is 1. The van der Waals surface area contributed by atoms with Crippen molar-refractivity contribution >= 4 is 46.2 Å². The van der Waals surface area contributed by atoms with Crippen LogP contribution in [-0.4, -0.2) is 29.1 Å². The van der Waals surface area contributed by atoms with Crippen LogP contribution >= 0.6 is 23.5 Å². The van der Waals surface area contributed by atoms with Gasteiger partial charge in [0.1, 0.15) is 0 Å². The van der Waals surface area contributed by atoms with Gasteiger partial charge in [-0.05, 0) is 43.4 Å². The predicted octanol–water partition coefficient (Wildman–Crippen LogP) is 5.56. The lowest BCUT2D eigenvalue weighted by atomic mass is 9.96. The third kappa shape index (κ3) is 4.23. The van der Waals surface area contributed by atoms with Gasteiger partial charge in [-0.25, -0.2) is 4.79 Å². The number of Topliss-reactive ketones (excluding diaryl/α,β-unsaturated/α-hetero) is 1. The Bertz CT molecular complexity index is 1000. The molecule has 1 atom stereocenters. The van der Waals surface area contributed by atoms with Crippen molar-refractivity contribution in [3.8, 4) is 0 Å². The molecule has 1 unspecified atom stereocenters. The van der Waals surface area contributed by atoms with E-state index in [4.69, 9.17) is 4.74 Å². The van der Waals surface area contributed by atoms with Gasteiger partial charge >= 0.3 is 5.97 Å². The van der Waals surface area contributed by atoms with Gasteiger partial charge in [-0.3, -0.25) is 4.79 Å². The third-order valence-corrected chi connectivity index (χ3v) is 7.06. The number of benzene rings is 2. The Morgan fingerprint density at radius 3 is 2.38 bits per heavy atom. The first-order valence-corrected chi connectivity index (χ1v) is 11.6. The van der Waals surface area contributed by atoms with Crippen LogP contribution in [0.1, 0.15) is 32.0 Å². The van der Waals surface area contributed by atoms with Crippen molar-refractivity contribution in [1.29, 1.82) is 0 Å². The lowest BCUT2D eigenvalue weighted by molar-refractivity contribution is -0.149. The lowest BCUT2D eigenvalue weighted by Crippen LogP contribution is -2.42. The quantitative estimate of drug-likeness (QED) is 0.275. The molecule has 1 aromatic heterocycles. The minimum absolute atomic E-state index is 0.211. The highest BCUT2D eigenvalue weighted by molar-refractivity contribution is 8.01. The molecule has 0 aliphatic heterocycles. The maximum absolute atomic E-state index is 13.3. The number of para-hydroxylation sites is 1. The van der Waals surface area contributed by atoms with Crippen LogP contribution in [0.5, 0.6) is 0 Å². The van der Waals surface area contributed by atoms with Crippen LogP contribution in [0.2, 0.25) is 0 Å². The molecule has 3 aromatic rings. The summed E-state index contributed by atoms with van der Waals surface area (Å²) in [6, 6.07) is 17.5. The number of H-pyrrole nitrogens is 1. The summed E-state index contributed by atoms with van der Waals surface area (Å²) in [6.07, 6.45) is 0. The SMILES string of the molecule is CCOC(=O)C(Sc1ccccc1)(C(C)=O)c1[nH]c2ccccc2c1CSCC. The second-order valence-electron chi connectivity index (χ2n) is 6.53. The molecule has 152 valence electrons. The molecule has 4 nitrogen and oxygen atoms in total. The normalized spacial score (nSPS) is 13.2. The Morgan fingerprint density at radius 2 is 1.72 bits per heavy atom. The summed E-state index contributed by atoms with van der Waals surface area (Å²) >= 11 is 3.01. The van der Waals surface area contributed by atoms with E-state index in [2.05, 4.69) is 11.9 Å². The van der Waals surface area contributed by atoms with Gasteiger partial charge in [-0.1, -0.05) is 55.1 Å². The average Bonchev–Trinajstić information content (AvgIpc) is 3.09. The third-order valence-electron chi connectivity index (χ3n) is 4.69. The molecule has 0 saturated heterocycles. The van der Waals surface area contributed by atoms with Gasteiger partial charge in [0.15, 0.2) is 5.78 Å². The first-order valence-electron chi connectivity index (χ1n) is 9.64. The first-order chi connectivity index (χ1) is 14.0. The van der Waals surface area contributed by atoms with Crippen molar-refractivity contribution in [2.24, 2.45) is 0 Å². The highest BCUT2D eigenvalue weighted by Gasteiger charge is 2.50. The maximum atomic E-state index is 13.3. The van der Waals surface area contributed by atoms with Crippen LogP contribution in [-0.2, 0) is 24.8 Å².